The van der Waals surface area contributed by atoms with Gasteiger partial charge in [0.2, 0.25) is 0 Å². The average Bonchev–Trinajstić information content (AvgIpc) is 3.47. The molecule has 2 saturated carbocycles. The molecular formula is C21H24O2. The summed E-state index contributed by atoms with van der Waals surface area (Å²) in [6.45, 7) is 1.73. The van der Waals surface area contributed by atoms with Crippen molar-refractivity contribution in [3.05, 3.63) is 59.7 Å². The molecule has 4 rings (SSSR count). The highest BCUT2D eigenvalue weighted by Crippen LogP contribution is 2.32. The topological polar surface area (TPSA) is 18.5 Å². The lowest BCUT2D eigenvalue weighted by Crippen LogP contribution is -2.02. The highest BCUT2D eigenvalue weighted by Gasteiger charge is 2.23. The number of para-hydroxylation sites is 1. The molecule has 2 aromatic rings. The lowest BCUT2D eigenvalue weighted by atomic mass is 10.0. The van der Waals surface area contributed by atoms with Crippen LogP contribution in [0.15, 0.2) is 48.5 Å². The minimum absolute atomic E-state index is 0.780. The minimum atomic E-state index is 0.780. The zero-order valence-electron chi connectivity index (χ0n) is 13.5. The van der Waals surface area contributed by atoms with Crippen LogP contribution in [0.1, 0.15) is 36.8 Å². The second-order valence-corrected chi connectivity index (χ2v) is 6.94. The van der Waals surface area contributed by atoms with E-state index < -0.39 is 0 Å². The number of benzene rings is 2. The Morgan fingerprint density at radius 3 is 2.30 bits per heavy atom. The predicted octanol–water partition coefficient (Wildman–Crippen LogP) is 4.86. The van der Waals surface area contributed by atoms with Crippen LogP contribution in [0.3, 0.4) is 0 Å². The highest BCUT2D eigenvalue weighted by atomic mass is 16.5. The van der Waals surface area contributed by atoms with Crippen molar-refractivity contribution in [3.8, 4) is 11.5 Å². The molecule has 0 radical (unpaired) electrons. The van der Waals surface area contributed by atoms with E-state index in [1.54, 1.807) is 0 Å². The third kappa shape index (κ3) is 4.28. The zero-order valence-corrected chi connectivity index (χ0v) is 13.5. The summed E-state index contributed by atoms with van der Waals surface area (Å²) < 4.78 is 11.9. The van der Waals surface area contributed by atoms with Gasteiger partial charge in [0, 0.05) is 6.42 Å². The van der Waals surface area contributed by atoms with E-state index in [1.165, 1.54) is 36.8 Å². The summed E-state index contributed by atoms with van der Waals surface area (Å²) in [5.74, 6) is 3.59. The number of hydrogen-bond acceptors (Lipinski definition) is 2. The van der Waals surface area contributed by atoms with Gasteiger partial charge in [-0.1, -0.05) is 30.3 Å². The second kappa shape index (κ2) is 6.66. The van der Waals surface area contributed by atoms with Gasteiger partial charge in [-0.2, -0.15) is 0 Å². The number of hydrogen-bond donors (Lipinski definition) is 0. The highest BCUT2D eigenvalue weighted by molar-refractivity contribution is 5.39. The van der Waals surface area contributed by atoms with Gasteiger partial charge in [0.25, 0.3) is 0 Å². The Hall–Kier alpha value is -1.96. The first kappa shape index (κ1) is 14.6. The maximum atomic E-state index is 6.02. The van der Waals surface area contributed by atoms with Crippen LogP contribution >= 0.6 is 0 Å². The molecular weight excluding hydrogens is 284 g/mol. The van der Waals surface area contributed by atoms with Crippen LogP contribution < -0.4 is 9.47 Å². The molecule has 0 heterocycles. The molecule has 0 unspecified atom stereocenters. The number of ether oxygens (including phenoxy) is 2. The Morgan fingerprint density at radius 2 is 1.52 bits per heavy atom. The van der Waals surface area contributed by atoms with E-state index >= 15 is 0 Å². The van der Waals surface area contributed by atoms with Gasteiger partial charge in [-0.3, -0.25) is 0 Å². The van der Waals surface area contributed by atoms with Crippen molar-refractivity contribution >= 4 is 0 Å². The Balaban J connectivity index is 1.42. The molecule has 0 N–H and O–H groups in total. The summed E-state index contributed by atoms with van der Waals surface area (Å²) in [6.07, 6.45) is 6.18. The van der Waals surface area contributed by atoms with E-state index in [-0.39, 0.29) is 0 Å². The maximum absolute atomic E-state index is 6.02. The largest absolute Gasteiger partial charge is 0.493 e. The van der Waals surface area contributed by atoms with Crippen molar-refractivity contribution in [2.75, 3.05) is 13.2 Å². The van der Waals surface area contributed by atoms with E-state index in [4.69, 9.17) is 9.47 Å². The van der Waals surface area contributed by atoms with Crippen LogP contribution in [-0.4, -0.2) is 13.2 Å². The van der Waals surface area contributed by atoms with E-state index in [9.17, 15) is 0 Å². The average molecular weight is 308 g/mol. The summed E-state index contributed by atoms with van der Waals surface area (Å²) in [5, 5.41) is 0. The van der Waals surface area contributed by atoms with Gasteiger partial charge in [-0.05, 0) is 66.8 Å². The van der Waals surface area contributed by atoms with Crippen molar-refractivity contribution in [1.82, 2.24) is 0 Å². The summed E-state index contributed by atoms with van der Waals surface area (Å²) in [4.78, 5) is 0. The SMILES string of the molecule is c1cc(Cc2ccccc2OCC2CC2)cc(OCC2CC2)c1. The van der Waals surface area contributed by atoms with Crippen LogP contribution in [0, 0.1) is 11.8 Å². The molecule has 120 valence electrons. The van der Waals surface area contributed by atoms with Gasteiger partial charge in [0.05, 0.1) is 13.2 Å². The third-order valence-corrected chi connectivity index (χ3v) is 4.62. The van der Waals surface area contributed by atoms with Crippen molar-refractivity contribution in [2.45, 2.75) is 32.1 Å². The Kier molecular flexibility index (Phi) is 4.23. The molecule has 0 saturated heterocycles. The quantitative estimate of drug-likeness (QED) is 0.693. The van der Waals surface area contributed by atoms with Crippen LogP contribution in [0.4, 0.5) is 0 Å². The maximum Gasteiger partial charge on any atom is 0.122 e. The lowest BCUT2D eigenvalue weighted by Gasteiger charge is -2.12. The lowest BCUT2D eigenvalue weighted by molar-refractivity contribution is 0.297. The fourth-order valence-electron chi connectivity index (χ4n) is 2.75. The Bertz CT molecular complexity index is 656. The molecule has 0 aliphatic heterocycles. The van der Waals surface area contributed by atoms with Gasteiger partial charge in [0.1, 0.15) is 11.5 Å². The summed E-state index contributed by atoms with van der Waals surface area (Å²) >= 11 is 0. The van der Waals surface area contributed by atoms with Crippen molar-refractivity contribution in [2.24, 2.45) is 11.8 Å². The molecule has 0 aromatic heterocycles. The van der Waals surface area contributed by atoms with Crippen LogP contribution in [-0.2, 0) is 6.42 Å². The van der Waals surface area contributed by atoms with Gasteiger partial charge in [-0.15, -0.1) is 0 Å². The smallest absolute Gasteiger partial charge is 0.122 e. The first-order valence-corrected chi connectivity index (χ1v) is 8.79. The first-order chi connectivity index (χ1) is 11.4. The number of rotatable bonds is 8. The van der Waals surface area contributed by atoms with E-state index in [0.29, 0.717) is 0 Å². The summed E-state index contributed by atoms with van der Waals surface area (Å²) in [5.41, 5.74) is 2.54. The fraction of sp³-hybridized carbons (Fsp3) is 0.429. The van der Waals surface area contributed by atoms with Crippen LogP contribution in [0.25, 0.3) is 0 Å². The molecule has 23 heavy (non-hydrogen) atoms. The van der Waals surface area contributed by atoms with Gasteiger partial charge >= 0.3 is 0 Å². The van der Waals surface area contributed by atoms with E-state index in [2.05, 4.69) is 48.5 Å². The van der Waals surface area contributed by atoms with Crippen molar-refractivity contribution in [3.63, 3.8) is 0 Å². The Labute approximate surface area is 138 Å². The van der Waals surface area contributed by atoms with Gasteiger partial charge in [-0.25, -0.2) is 0 Å². The monoisotopic (exact) mass is 308 g/mol. The Morgan fingerprint density at radius 1 is 0.783 bits per heavy atom. The summed E-state index contributed by atoms with van der Waals surface area (Å²) in [7, 11) is 0. The molecule has 2 aliphatic rings. The second-order valence-electron chi connectivity index (χ2n) is 6.94. The summed E-state index contributed by atoms with van der Waals surface area (Å²) in [6, 6.07) is 16.9. The molecule has 2 heteroatoms. The van der Waals surface area contributed by atoms with Crippen LogP contribution in [0.2, 0.25) is 0 Å². The molecule has 2 aromatic carbocycles. The molecule has 0 bridgehead atoms. The van der Waals surface area contributed by atoms with Crippen molar-refractivity contribution < 1.29 is 9.47 Å². The zero-order chi connectivity index (χ0) is 15.5. The van der Waals surface area contributed by atoms with Gasteiger partial charge in [0.15, 0.2) is 0 Å². The van der Waals surface area contributed by atoms with E-state index in [1.807, 2.05) is 0 Å². The molecule has 0 spiro atoms. The third-order valence-electron chi connectivity index (χ3n) is 4.62. The normalized spacial score (nSPS) is 17.0. The van der Waals surface area contributed by atoms with Crippen molar-refractivity contribution in [1.29, 1.82) is 0 Å². The minimum Gasteiger partial charge on any atom is -0.493 e. The molecule has 0 atom stereocenters. The fourth-order valence-corrected chi connectivity index (χ4v) is 2.75. The molecule has 0 amide bonds. The first-order valence-electron chi connectivity index (χ1n) is 8.79. The molecule has 2 aliphatic carbocycles. The standard InChI is InChI=1S/C21H24O2/c1-2-7-21(23-15-17-10-11-17)19(5-1)12-18-4-3-6-20(13-18)22-14-16-8-9-16/h1-7,13,16-17H,8-12,14-15H2. The van der Waals surface area contributed by atoms with Crippen LogP contribution in [0.5, 0.6) is 11.5 Å². The molecule has 2 nitrogen and oxygen atoms in total. The predicted molar refractivity (Wildman–Crippen MR) is 92.1 cm³/mol. The molecule has 2 fully saturated rings. The van der Waals surface area contributed by atoms with Gasteiger partial charge < -0.3 is 9.47 Å². The van der Waals surface area contributed by atoms with E-state index in [0.717, 1.165) is 43.0 Å².